The highest BCUT2D eigenvalue weighted by Gasteiger charge is 2.36. The van der Waals surface area contributed by atoms with E-state index in [0.717, 1.165) is 0 Å². The highest BCUT2D eigenvalue weighted by Crippen LogP contribution is 2.18. The number of nitrogens with one attached hydrogen (secondary N) is 1. The van der Waals surface area contributed by atoms with E-state index in [1.54, 1.807) is 6.92 Å². The molecule has 0 amide bonds. The fourth-order valence-electron chi connectivity index (χ4n) is 1.13. The summed E-state index contributed by atoms with van der Waals surface area (Å²) in [6, 6.07) is -0.699. The van der Waals surface area contributed by atoms with Gasteiger partial charge in [-0.2, -0.15) is 0 Å². The Hall–Kier alpha value is -0.640. The Kier molecular flexibility index (Phi) is 1.89. The molecule has 0 unspecified atom stereocenters. The van der Waals surface area contributed by atoms with Crippen molar-refractivity contribution in [3.05, 3.63) is 0 Å². The summed E-state index contributed by atoms with van der Waals surface area (Å²) in [7, 11) is 0. The van der Waals surface area contributed by atoms with Crippen LogP contribution in [0.4, 0.5) is 4.39 Å². The molecule has 0 aromatic heterocycles. The van der Waals surface area contributed by atoms with Gasteiger partial charge in [0.25, 0.3) is 0 Å². The highest BCUT2D eigenvalue weighted by atomic mass is 19.1. The van der Waals surface area contributed by atoms with Gasteiger partial charge in [-0.1, -0.05) is 6.92 Å². The van der Waals surface area contributed by atoms with Gasteiger partial charge in [0.1, 0.15) is 12.2 Å². The van der Waals surface area contributed by atoms with E-state index in [9.17, 15) is 9.18 Å². The number of carbonyl (C=O) groups is 1. The van der Waals surface area contributed by atoms with E-state index in [4.69, 9.17) is 5.11 Å². The normalized spacial score (nSPS) is 40.0. The third-order valence-electron chi connectivity index (χ3n) is 1.90. The van der Waals surface area contributed by atoms with Crippen molar-refractivity contribution in [2.75, 3.05) is 6.54 Å². The van der Waals surface area contributed by atoms with E-state index in [2.05, 4.69) is 5.32 Å². The predicted octanol–water partition coefficient (Wildman–Crippen LogP) is 0.0170. The fraction of sp³-hybridized carbons (Fsp3) is 0.833. The molecule has 1 aliphatic rings. The Morgan fingerprint density at radius 1 is 1.80 bits per heavy atom. The van der Waals surface area contributed by atoms with E-state index in [-0.39, 0.29) is 6.54 Å². The summed E-state index contributed by atoms with van der Waals surface area (Å²) >= 11 is 0. The molecular weight excluding hydrogens is 137 g/mol. The lowest BCUT2D eigenvalue weighted by Crippen LogP contribution is -2.34. The summed E-state index contributed by atoms with van der Waals surface area (Å²) in [5.41, 5.74) is 0. The average Bonchev–Trinajstić information content (AvgIpc) is 2.14. The molecule has 4 heteroatoms. The number of carboxylic acids is 1. The van der Waals surface area contributed by atoms with E-state index in [1.807, 2.05) is 0 Å². The first kappa shape index (κ1) is 7.47. The summed E-state index contributed by atoms with van der Waals surface area (Å²) in [5.74, 6) is -1.37. The van der Waals surface area contributed by atoms with E-state index >= 15 is 0 Å². The van der Waals surface area contributed by atoms with Gasteiger partial charge in [0.2, 0.25) is 0 Å². The fourth-order valence-corrected chi connectivity index (χ4v) is 1.13. The average molecular weight is 147 g/mol. The number of hydrogen-bond donors (Lipinski definition) is 2. The minimum atomic E-state index is -1.01. The van der Waals surface area contributed by atoms with E-state index in [1.165, 1.54) is 0 Å². The molecule has 0 aromatic rings. The molecule has 10 heavy (non-hydrogen) atoms. The van der Waals surface area contributed by atoms with Crippen LogP contribution in [-0.4, -0.2) is 29.8 Å². The van der Waals surface area contributed by atoms with Gasteiger partial charge in [0, 0.05) is 12.5 Å². The van der Waals surface area contributed by atoms with Gasteiger partial charge < -0.3 is 10.4 Å². The monoisotopic (exact) mass is 147 g/mol. The Morgan fingerprint density at radius 2 is 2.40 bits per heavy atom. The maximum absolute atomic E-state index is 12.6. The molecule has 0 aromatic carbocycles. The minimum Gasteiger partial charge on any atom is -0.480 e. The lowest BCUT2D eigenvalue weighted by molar-refractivity contribution is -0.140. The van der Waals surface area contributed by atoms with Crippen LogP contribution in [0.3, 0.4) is 0 Å². The van der Waals surface area contributed by atoms with Crippen LogP contribution in [-0.2, 0) is 4.79 Å². The highest BCUT2D eigenvalue weighted by molar-refractivity contribution is 5.74. The zero-order valence-electron chi connectivity index (χ0n) is 5.67. The molecule has 0 spiro atoms. The number of carboxylic acid groups (broad SMARTS) is 1. The first-order valence-electron chi connectivity index (χ1n) is 3.23. The molecule has 0 radical (unpaired) electrons. The van der Waals surface area contributed by atoms with Gasteiger partial charge in [-0.15, -0.1) is 0 Å². The molecule has 0 saturated carbocycles. The van der Waals surface area contributed by atoms with Crippen molar-refractivity contribution in [1.82, 2.24) is 5.32 Å². The van der Waals surface area contributed by atoms with Crippen molar-refractivity contribution in [1.29, 1.82) is 0 Å². The van der Waals surface area contributed by atoms with Gasteiger partial charge in [-0.25, -0.2) is 4.39 Å². The molecule has 1 rings (SSSR count). The first-order valence-corrected chi connectivity index (χ1v) is 3.23. The van der Waals surface area contributed by atoms with Gasteiger partial charge >= 0.3 is 5.97 Å². The Balaban J connectivity index is 2.57. The number of hydrogen-bond acceptors (Lipinski definition) is 2. The van der Waals surface area contributed by atoms with E-state index < -0.39 is 24.1 Å². The standard InChI is InChI=1S/C6H10FNO2/c1-3-4(7)2-8-5(3)6(9)10/h3-5,8H,2H2,1H3,(H,9,10)/t3-,4+,5+/m1/s1. The first-order chi connectivity index (χ1) is 4.63. The van der Waals surface area contributed by atoms with Crippen LogP contribution in [0.2, 0.25) is 0 Å². The SMILES string of the molecule is C[C@H]1[C@@H](C(=O)O)NC[C@@H]1F. The minimum absolute atomic E-state index is 0.165. The van der Waals surface area contributed by atoms with Gasteiger partial charge in [0.15, 0.2) is 0 Å². The number of rotatable bonds is 1. The van der Waals surface area contributed by atoms with Crippen molar-refractivity contribution >= 4 is 5.97 Å². The predicted molar refractivity (Wildman–Crippen MR) is 33.5 cm³/mol. The second kappa shape index (κ2) is 2.54. The third-order valence-corrected chi connectivity index (χ3v) is 1.90. The summed E-state index contributed by atoms with van der Waals surface area (Å²) < 4.78 is 12.6. The zero-order chi connectivity index (χ0) is 7.72. The third kappa shape index (κ3) is 1.11. The molecule has 0 bridgehead atoms. The van der Waals surface area contributed by atoms with Crippen molar-refractivity contribution in [2.24, 2.45) is 5.92 Å². The molecule has 0 aliphatic carbocycles. The van der Waals surface area contributed by atoms with Crippen molar-refractivity contribution in [3.8, 4) is 0 Å². The van der Waals surface area contributed by atoms with Crippen molar-refractivity contribution in [2.45, 2.75) is 19.1 Å². The molecule has 1 heterocycles. The number of alkyl halides is 1. The number of halogens is 1. The van der Waals surface area contributed by atoms with Crippen LogP contribution in [0.15, 0.2) is 0 Å². The van der Waals surface area contributed by atoms with Gasteiger partial charge in [-0.3, -0.25) is 4.79 Å². The van der Waals surface area contributed by atoms with Crippen molar-refractivity contribution in [3.63, 3.8) is 0 Å². The molecule has 2 N–H and O–H groups in total. The Bertz CT molecular complexity index is 151. The summed E-state index contributed by atoms with van der Waals surface area (Å²) in [6.45, 7) is 1.77. The Morgan fingerprint density at radius 3 is 2.60 bits per heavy atom. The van der Waals surface area contributed by atoms with Crippen molar-refractivity contribution < 1.29 is 14.3 Å². The smallest absolute Gasteiger partial charge is 0.321 e. The lowest BCUT2D eigenvalue weighted by Gasteiger charge is -2.09. The van der Waals surface area contributed by atoms with Crippen LogP contribution in [0.1, 0.15) is 6.92 Å². The summed E-state index contributed by atoms with van der Waals surface area (Å²) in [4.78, 5) is 10.3. The maximum atomic E-state index is 12.6. The second-order valence-corrected chi connectivity index (χ2v) is 2.60. The summed E-state index contributed by atoms with van der Waals surface area (Å²) in [6.07, 6.45) is -1.01. The van der Waals surface area contributed by atoms with Gasteiger partial charge in [-0.05, 0) is 0 Å². The van der Waals surface area contributed by atoms with Crippen LogP contribution in [0.5, 0.6) is 0 Å². The van der Waals surface area contributed by atoms with Crippen LogP contribution in [0, 0.1) is 5.92 Å². The quantitative estimate of drug-likeness (QED) is 0.549. The van der Waals surface area contributed by atoms with Crippen LogP contribution >= 0.6 is 0 Å². The summed E-state index contributed by atoms with van der Waals surface area (Å²) in [5, 5.41) is 11.1. The molecule has 1 aliphatic heterocycles. The molecule has 1 fully saturated rings. The maximum Gasteiger partial charge on any atom is 0.321 e. The molecule has 3 atom stereocenters. The largest absolute Gasteiger partial charge is 0.480 e. The van der Waals surface area contributed by atoms with E-state index in [0.29, 0.717) is 0 Å². The molecule has 1 saturated heterocycles. The van der Waals surface area contributed by atoms with Gasteiger partial charge in [0.05, 0.1) is 0 Å². The van der Waals surface area contributed by atoms with Crippen LogP contribution in [0.25, 0.3) is 0 Å². The molecule has 58 valence electrons. The second-order valence-electron chi connectivity index (χ2n) is 2.60. The molecular formula is C6H10FNO2. The number of aliphatic carboxylic acids is 1. The van der Waals surface area contributed by atoms with Crippen LogP contribution < -0.4 is 5.32 Å². The Labute approximate surface area is 58.2 Å². The topological polar surface area (TPSA) is 49.3 Å². The zero-order valence-corrected chi connectivity index (χ0v) is 5.67. The molecule has 3 nitrogen and oxygen atoms in total. The lowest BCUT2D eigenvalue weighted by atomic mass is 10.0.